The van der Waals surface area contributed by atoms with Gasteiger partial charge in [0.2, 0.25) is 0 Å². The monoisotopic (exact) mass is 468 g/mol. The number of nitrogens with one attached hydrogen (secondary N) is 1. The van der Waals surface area contributed by atoms with Crippen LogP contribution in [0.2, 0.25) is 0 Å². The number of halogens is 1. The summed E-state index contributed by atoms with van der Waals surface area (Å²) in [6.07, 6.45) is 1.68. The highest BCUT2D eigenvalue weighted by Crippen LogP contribution is 2.34. The third-order valence-electron chi connectivity index (χ3n) is 5.07. The van der Waals surface area contributed by atoms with Crippen molar-refractivity contribution in [3.63, 3.8) is 0 Å². The van der Waals surface area contributed by atoms with E-state index < -0.39 is 16.6 Å². The molecular weight excluding hydrogens is 447 g/mol. The van der Waals surface area contributed by atoms with Crippen LogP contribution >= 0.6 is 11.8 Å². The molecule has 0 radical (unpaired) electrons. The van der Waals surface area contributed by atoms with Crippen molar-refractivity contribution in [2.75, 3.05) is 31.2 Å². The van der Waals surface area contributed by atoms with E-state index in [1.54, 1.807) is 30.5 Å². The fourth-order valence-corrected chi connectivity index (χ4v) is 4.30. The average Bonchev–Trinajstić information content (AvgIpc) is 2.85. The number of ether oxygens (including phenoxy) is 1. The molecule has 1 aromatic heterocycles. The molecule has 0 aliphatic carbocycles. The predicted octanol–water partition coefficient (Wildman–Crippen LogP) is 4.05. The van der Waals surface area contributed by atoms with E-state index in [1.807, 2.05) is 6.07 Å². The summed E-state index contributed by atoms with van der Waals surface area (Å²) in [4.78, 5) is 30.9. The Bertz CT molecular complexity index is 1170. The summed E-state index contributed by atoms with van der Waals surface area (Å²) >= 11 is 1.05. The summed E-state index contributed by atoms with van der Waals surface area (Å²) in [7, 11) is 0. The first-order chi connectivity index (χ1) is 16.0. The van der Waals surface area contributed by atoms with Crippen LogP contribution in [0.3, 0.4) is 0 Å². The van der Waals surface area contributed by atoms with Crippen LogP contribution in [0.15, 0.2) is 70.6 Å². The van der Waals surface area contributed by atoms with Gasteiger partial charge in [-0.05, 0) is 35.9 Å². The summed E-state index contributed by atoms with van der Waals surface area (Å²) in [6, 6.07) is 13.8. The van der Waals surface area contributed by atoms with Crippen LogP contribution in [0.1, 0.15) is 15.9 Å². The number of morpholine rings is 1. The van der Waals surface area contributed by atoms with E-state index in [2.05, 4.69) is 15.2 Å². The number of nitrogens with zero attached hydrogens (tertiary/aromatic N) is 3. The number of benzene rings is 2. The van der Waals surface area contributed by atoms with Crippen molar-refractivity contribution in [3.05, 3.63) is 87.9 Å². The second-order valence-electron chi connectivity index (χ2n) is 7.27. The van der Waals surface area contributed by atoms with Gasteiger partial charge in [0, 0.05) is 47.8 Å². The van der Waals surface area contributed by atoms with Crippen molar-refractivity contribution in [2.45, 2.75) is 16.3 Å². The van der Waals surface area contributed by atoms with Crippen molar-refractivity contribution >= 4 is 29.2 Å². The van der Waals surface area contributed by atoms with Crippen molar-refractivity contribution < 1.29 is 18.8 Å². The SMILES string of the molecule is O=C(NCc1ccnc(N2CCOCC2)c1)c1cc([N+](=O)[O-])ccc1Sc1ccccc1F. The summed E-state index contributed by atoms with van der Waals surface area (Å²) in [5.41, 5.74) is 0.741. The molecule has 0 unspecified atom stereocenters. The van der Waals surface area contributed by atoms with E-state index in [0.29, 0.717) is 23.0 Å². The zero-order chi connectivity index (χ0) is 23.2. The normalized spacial score (nSPS) is 13.5. The van der Waals surface area contributed by atoms with E-state index >= 15 is 0 Å². The minimum absolute atomic E-state index is 0.111. The van der Waals surface area contributed by atoms with E-state index in [1.165, 1.54) is 24.3 Å². The van der Waals surface area contributed by atoms with Crippen LogP contribution in [0, 0.1) is 15.9 Å². The standard InChI is InChI=1S/C23H21FN4O4S/c24-19-3-1-2-4-21(19)33-20-6-5-17(28(30)31)14-18(20)23(29)26-15-16-7-8-25-22(13-16)27-9-11-32-12-10-27/h1-8,13-14H,9-12,15H2,(H,26,29). The number of carbonyl (C=O) groups is 1. The number of rotatable bonds is 7. The lowest BCUT2D eigenvalue weighted by molar-refractivity contribution is -0.384. The molecule has 2 aromatic carbocycles. The number of anilines is 1. The van der Waals surface area contributed by atoms with Crippen molar-refractivity contribution in [1.82, 2.24) is 10.3 Å². The lowest BCUT2D eigenvalue weighted by Crippen LogP contribution is -2.36. The number of nitro groups is 1. The van der Waals surface area contributed by atoms with Crippen LogP contribution < -0.4 is 10.2 Å². The van der Waals surface area contributed by atoms with Crippen molar-refractivity contribution in [3.8, 4) is 0 Å². The first kappa shape index (κ1) is 22.7. The van der Waals surface area contributed by atoms with E-state index in [4.69, 9.17) is 4.74 Å². The first-order valence-corrected chi connectivity index (χ1v) is 11.1. The number of aromatic nitrogens is 1. The minimum Gasteiger partial charge on any atom is -0.378 e. The second-order valence-corrected chi connectivity index (χ2v) is 8.36. The van der Waals surface area contributed by atoms with Crippen LogP contribution in [0.25, 0.3) is 0 Å². The fourth-order valence-electron chi connectivity index (χ4n) is 3.36. The second kappa shape index (κ2) is 10.4. The molecule has 3 aromatic rings. The Balaban J connectivity index is 1.53. The highest BCUT2D eigenvalue weighted by atomic mass is 32.2. The lowest BCUT2D eigenvalue weighted by atomic mass is 10.1. The molecule has 170 valence electrons. The molecule has 1 amide bonds. The van der Waals surface area contributed by atoms with Gasteiger partial charge in [-0.2, -0.15) is 0 Å². The molecule has 2 heterocycles. The Morgan fingerprint density at radius 3 is 2.70 bits per heavy atom. The van der Waals surface area contributed by atoms with Crippen molar-refractivity contribution in [2.24, 2.45) is 0 Å². The molecule has 1 fully saturated rings. The van der Waals surface area contributed by atoms with Crippen molar-refractivity contribution in [1.29, 1.82) is 0 Å². The van der Waals surface area contributed by atoms with Gasteiger partial charge >= 0.3 is 0 Å². The molecule has 0 saturated carbocycles. The maximum absolute atomic E-state index is 14.1. The van der Waals surface area contributed by atoms with Gasteiger partial charge in [-0.25, -0.2) is 9.37 Å². The molecule has 10 heteroatoms. The molecule has 0 spiro atoms. The Morgan fingerprint density at radius 1 is 1.15 bits per heavy atom. The highest BCUT2D eigenvalue weighted by molar-refractivity contribution is 7.99. The zero-order valence-corrected chi connectivity index (χ0v) is 18.4. The Morgan fingerprint density at radius 2 is 1.94 bits per heavy atom. The van der Waals surface area contributed by atoms with Gasteiger partial charge in [0.15, 0.2) is 0 Å². The van der Waals surface area contributed by atoms with Gasteiger partial charge in [0.25, 0.3) is 11.6 Å². The third-order valence-corrected chi connectivity index (χ3v) is 6.20. The van der Waals surface area contributed by atoms with Gasteiger partial charge in [0.1, 0.15) is 11.6 Å². The number of pyridine rings is 1. The first-order valence-electron chi connectivity index (χ1n) is 10.3. The van der Waals surface area contributed by atoms with Crippen LogP contribution in [-0.2, 0) is 11.3 Å². The number of non-ortho nitro benzene ring substituents is 1. The van der Waals surface area contributed by atoms with E-state index in [9.17, 15) is 19.3 Å². The fraction of sp³-hybridized carbons (Fsp3) is 0.217. The summed E-state index contributed by atoms with van der Waals surface area (Å²) in [5, 5.41) is 14.1. The van der Waals surface area contributed by atoms with Gasteiger partial charge < -0.3 is 15.0 Å². The van der Waals surface area contributed by atoms with Gasteiger partial charge in [-0.1, -0.05) is 23.9 Å². The molecule has 33 heavy (non-hydrogen) atoms. The molecule has 1 saturated heterocycles. The smallest absolute Gasteiger partial charge is 0.270 e. The number of carbonyl (C=O) groups excluding carboxylic acids is 1. The molecule has 1 aliphatic rings. The Hall–Kier alpha value is -3.50. The molecule has 1 N–H and O–H groups in total. The van der Waals surface area contributed by atoms with Gasteiger partial charge in [-0.3, -0.25) is 14.9 Å². The average molecular weight is 469 g/mol. The van der Waals surface area contributed by atoms with Gasteiger partial charge in [-0.15, -0.1) is 0 Å². The Labute approximate surface area is 193 Å². The summed E-state index contributed by atoms with van der Waals surface area (Å²) < 4.78 is 19.5. The van der Waals surface area contributed by atoms with Gasteiger partial charge in [0.05, 0.1) is 23.7 Å². The summed E-state index contributed by atoms with van der Waals surface area (Å²) in [5.74, 6) is -0.113. The molecule has 0 bridgehead atoms. The maximum atomic E-state index is 14.1. The van der Waals surface area contributed by atoms with Crippen LogP contribution in [0.4, 0.5) is 15.9 Å². The summed E-state index contributed by atoms with van der Waals surface area (Å²) in [6.45, 7) is 2.97. The van der Waals surface area contributed by atoms with Crippen LogP contribution in [0.5, 0.6) is 0 Å². The minimum atomic E-state index is -0.564. The lowest BCUT2D eigenvalue weighted by Gasteiger charge is -2.28. The molecule has 1 aliphatic heterocycles. The highest BCUT2D eigenvalue weighted by Gasteiger charge is 2.19. The molecule has 4 rings (SSSR count). The topological polar surface area (TPSA) is 97.6 Å². The van der Waals surface area contributed by atoms with E-state index in [0.717, 1.165) is 36.2 Å². The van der Waals surface area contributed by atoms with E-state index in [-0.39, 0.29) is 17.8 Å². The largest absolute Gasteiger partial charge is 0.378 e. The zero-order valence-electron chi connectivity index (χ0n) is 17.6. The predicted molar refractivity (Wildman–Crippen MR) is 122 cm³/mol. The molecular formula is C23H21FN4O4S. The van der Waals surface area contributed by atoms with Crippen LogP contribution in [-0.4, -0.2) is 42.1 Å². The number of hydrogen-bond acceptors (Lipinski definition) is 7. The number of nitro benzene ring substituents is 1. The molecule has 0 atom stereocenters. The number of hydrogen-bond donors (Lipinski definition) is 1. The maximum Gasteiger partial charge on any atom is 0.270 e. The third kappa shape index (κ3) is 5.65. The number of amides is 1. The Kier molecular flexibility index (Phi) is 7.16. The quantitative estimate of drug-likeness (QED) is 0.413. The molecule has 8 nitrogen and oxygen atoms in total.